The molecule has 10 rings (SSSR count). The number of para-hydroxylation sites is 2. The summed E-state index contributed by atoms with van der Waals surface area (Å²) in [5, 5.41) is 2.63. The standard InChI is InChI=1S/C44H32N2/c1-44(2)36-24-11-8-21-33(36)40-34-22-9-13-26-38(34)46(43(40)44)30-18-14-17-29(27-30)45-37-25-12-10-23-35(37)41-39(28-15-4-3-5-16-28)31-19-6-7-20-32(31)42(41)45/h3-27,39H,1-2H3. The van der Waals surface area contributed by atoms with Gasteiger partial charge in [-0.2, -0.15) is 0 Å². The zero-order valence-electron chi connectivity index (χ0n) is 25.9. The van der Waals surface area contributed by atoms with Crippen molar-refractivity contribution >= 4 is 21.8 Å². The van der Waals surface area contributed by atoms with E-state index in [0.29, 0.717) is 0 Å². The van der Waals surface area contributed by atoms with Crippen LogP contribution in [0.15, 0.2) is 152 Å². The van der Waals surface area contributed by atoms with Crippen LogP contribution in [0.5, 0.6) is 0 Å². The predicted octanol–water partition coefficient (Wildman–Crippen LogP) is 11.0. The van der Waals surface area contributed by atoms with E-state index in [-0.39, 0.29) is 11.3 Å². The van der Waals surface area contributed by atoms with Gasteiger partial charge in [-0.15, -0.1) is 0 Å². The van der Waals surface area contributed by atoms with E-state index in [9.17, 15) is 0 Å². The van der Waals surface area contributed by atoms with Crippen LogP contribution in [0.3, 0.4) is 0 Å². The molecule has 2 aromatic heterocycles. The average Bonchev–Trinajstić information content (AvgIpc) is 3.80. The molecule has 2 heteroatoms. The third kappa shape index (κ3) is 3.26. The highest BCUT2D eigenvalue weighted by atomic mass is 15.0. The predicted molar refractivity (Wildman–Crippen MR) is 190 cm³/mol. The van der Waals surface area contributed by atoms with Crippen molar-refractivity contribution in [1.82, 2.24) is 9.13 Å². The number of hydrogen-bond acceptors (Lipinski definition) is 0. The number of hydrogen-bond donors (Lipinski definition) is 0. The Kier molecular flexibility index (Phi) is 5.15. The number of nitrogens with zero attached hydrogens (tertiary/aromatic N) is 2. The van der Waals surface area contributed by atoms with Gasteiger partial charge in [0.05, 0.1) is 16.7 Å². The summed E-state index contributed by atoms with van der Waals surface area (Å²) < 4.78 is 5.04. The normalized spacial score (nSPS) is 15.6. The fraction of sp³-hybridized carbons (Fsp3) is 0.0909. The van der Waals surface area contributed by atoms with Crippen molar-refractivity contribution in [3.05, 3.63) is 180 Å². The highest BCUT2D eigenvalue weighted by Crippen LogP contribution is 2.55. The number of benzene rings is 6. The van der Waals surface area contributed by atoms with Gasteiger partial charge in [0.25, 0.3) is 0 Å². The van der Waals surface area contributed by atoms with Gasteiger partial charge in [-0.05, 0) is 58.1 Å². The van der Waals surface area contributed by atoms with Crippen LogP contribution < -0.4 is 0 Å². The lowest BCUT2D eigenvalue weighted by Crippen LogP contribution is -2.19. The quantitative estimate of drug-likeness (QED) is 0.194. The lowest BCUT2D eigenvalue weighted by molar-refractivity contribution is 0.623. The van der Waals surface area contributed by atoms with E-state index < -0.39 is 0 Å². The molecule has 0 bridgehead atoms. The van der Waals surface area contributed by atoms with Crippen LogP contribution in [0.4, 0.5) is 0 Å². The van der Waals surface area contributed by atoms with E-state index in [1.54, 1.807) is 0 Å². The first-order valence-electron chi connectivity index (χ1n) is 16.2. The summed E-state index contributed by atoms with van der Waals surface area (Å²) in [5.74, 6) is 0.192. The zero-order valence-corrected chi connectivity index (χ0v) is 25.9. The molecule has 2 aliphatic carbocycles. The minimum atomic E-state index is -0.135. The molecule has 2 nitrogen and oxygen atoms in total. The van der Waals surface area contributed by atoms with Crippen molar-refractivity contribution in [3.63, 3.8) is 0 Å². The molecule has 0 N–H and O–H groups in total. The van der Waals surface area contributed by atoms with E-state index in [4.69, 9.17) is 0 Å². The molecular formula is C44H32N2. The number of aromatic nitrogens is 2. The monoisotopic (exact) mass is 588 g/mol. The lowest BCUT2D eigenvalue weighted by atomic mass is 9.85. The van der Waals surface area contributed by atoms with E-state index >= 15 is 0 Å². The number of rotatable bonds is 3. The van der Waals surface area contributed by atoms with Gasteiger partial charge in [0, 0.05) is 50.3 Å². The Hall–Kier alpha value is -5.60. The Balaban J connectivity index is 1.26. The van der Waals surface area contributed by atoms with Gasteiger partial charge in [0.15, 0.2) is 0 Å². The van der Waals surface area contributed by atoms with Crippen LogP contribution in [0, 0.1) is 0 Å². The molecule has 0 radical (unpaired) electrons. The molecule has 8 aromatic rings. The molecule has 0 amide bonds. The minimum absolute atomic E-state index is 0.135. The first kappa shape index (κ1) is 25.7. The molecule has 46 heavy (non-hydrogen) atoms. The second-order valence-corrected chi connectivity index (χ2v) is 13.3. The highest BCUT2D eigenvalue weighted by molar-refractivity contribution is 6.04. The third-order valence-electron chi connectivity index (χ3n) is 10.5. The second kappa shape index (κ2) is 9.22. The van der Waals surface area contributed by atoms with E-state index in [1.165, 1.54) is 83.5 Å². The molecule has 2 aliphatic rings. The average molecular weight is 589 g/mol. The van der Waals surface area contributed by atoms with Crippen LogP contribution in [-0.4, -0.2) is 9.13 Å². The van der Waals surface area contributed by atoms with Crippen molar-refractivity contribution in [2.45, 2.75) is 25.2 Å². The molecule has 0 saturated heterocycles. The van der Waals surface area contributed by atoms with Crippen molar-refractivity contribution in [2.75, 3.05) is 0 Å². The van der Waals surface area contributed by atoms with Crippen LogP contribution in [0.2, 0.25) is 0 Å². The maximum Gasteiger partial charge on any atom is 0.0585 e. The van der Waals surface area contributed by atoms with Gasteiger partial charge in [-0.3, -0.25) is 0 Å². The zero-order chi connectivity index (χ0) is 30.6. The fourth-order valence-electron chi connectivity index (χ4n) is 8.72. The molecule has 0 saturated carbocycles. The van der Waals surface area contributed by atoms with E-state index in [2.05, 4.69) is 175 Å². The van der Waals surface area contributed by atoms with Gasteiger partial charge in [-0.1, -0.05) is 135 Å². The van der Waals surface area contributed by atoms with Gasteiger partial charge >= 0.3 is 0 Å². The summed E-state index contributed by atoms with van der Waals surface area (Å²) in [6, 6.07) is 56.0. The molecule has 218 valence electrons. The molecule has 1 atom stereocenters. The van der Waals surface area contributed by atoms with Crippen LogP contribution in [0.1, 0.15) is 47.7 Å². The summed E-state index contributed by atoms with van der Waals surface area (Å²) in [4.78, 5) is 0. The summed E-state index contributed by atoms with van der Waals surface area (Å²) >= 11 is 0. The van der Waals surface area contributed by atoms with E-state index in [1.807, 2.05) is 0 Å². The minimum Gasteiger partial charge on any atom is -0.312 e. The maximum absolute atomic E-state index is 2.53. The molecule has 2 heterocycles. The Morgan fingerprint density at radius 2 is 1.13 bits per heavy atom. The van der Waals surface area contributed by atoms with E-state index in [0.717, 1.165) is 0 Å². The fourth-order valence-corrected chi connectivity index (χ4v) is 8.72. The van der Waals surface area contributed by atoms with Crippen molar-refractivity contribution in [2.24, 2.45) is 0 Å². The smallest absolute Gasteiger partial charge is 0.0585 e. The molecule has 6 aromatic carbocycles. The molecule has 0 fully saturated rings. The lowest BCUT2D eigenvalue weighted by Gasteiger charge is -2.25. The largest absolute Gasteiger partial charge is 0.312 e. The highest BCUT2D eigenvalue weighted by Gasteiger charge is 2.41. The Morgan fingerprint density at radius 1 is 0.522 bits per heavy atom. The molecule has 0 spiro atoms. The van der Waals surface area contributed by atoms with Gasteiger partial charge in [0.2, 0.25) is 0 Å². The Bertz CT molecular complexity index is 2510. The van der Waals surface area contributed by atoms with Crippen molar-refractivity contribution in [3.8, 4) is 33.8 Å². The molecule has 1 unspecified atom stereocenters. The first-order chi connectivity index (χ1) is 22.6. The Labute approximate surface area is 268 Å². The van der Waals surface area contributed by atoms with Crippen molar-refractivity contribution < 1.29 is 0 Å². The van der Waals surface area contributed by atoms with Crippen LogP contribution in [-0.2, 0) is 5.41 Å². The second-order valence-electron chi connectivity index (χ2n) is 13.3. The topological polar surface area (TPSA) is 9.86 Å². The van der Waals surface area contributed by atoms with Crippen LogP contribution >= 0.6 is 0 Å². The summed E-state index contributed by atoms with van der Waals surface area (Å²) in [6.07, 6.45) is 0. The first-order valence-corrected chi connectivity index (χ1v) is 16.2. The number of fused-ring (bicyclic) bond motifs is 10. The Morgan fingerprint density at radius 3 is 1.93 bits per heavy atom. The maximum atomic E-state index is 2.53. The summed E-state index contributed by atoms with van der Waals surface area (Å²) in [7, 11) is 0. The van der Waals surface area contributed by atoms with Gasteiger partial charge in [0.1, 0.15) is 0 Å². The molecular weight excluding hydrogens is 556 g/mol. The summed E-state index contributed by atoms with van der Waals surface area (Å²) in [5.41, 5.74) is 16.9. The van der Waals surface area contributed by atoms with Gasteiger partial charge in [-0.25, -0.2) is 0 Å². The molecule has 0 aliphatic heterocycles. The van der Waals surface area contributed by atoms with Crippen LogP contribution in [0.25, 0.3) is 55.6 Å². The summed E-state index contributed by atoms with van der Waals surface area (Å²) in [6.45, 7) is 4.76. The third-order valence-corrected chi connectivity index (χ3v) is 10.5. The van der Waals surface area contributed by atoms with Crippen molar-refractivity contribution in [1.29, 1.82) is 0 Å². The van der Waals surface area contributed by atoms with Gasteiger partial charge < -0.3 is 9.13 Å². The SMILES string of the molecule is CC1(C)c2ccccc2-c2c1n(-c1cccc(-n3c4c(c5ccccc53)C(c3ccccc3)c3ccccc3-4)c1)c1ccccc21.